The van der Waals surface area contributed by atoms with Crippen LogP contribution in [0.2, 0.25) is 0 Å². The lowest BCUT2D eigenvalue weighted by Gasteiger charge is -2.10. The largest absolute Gasteiger partial charge is 0.313 e. The van der Waals surface area contributed by atoms with E-state index >= 15 is 0 Å². The Hall–Kier alpha value is -1.67. The third-order valence-corrected chi connectivity index (χ3v) is 2.80. The zero-order valence-electron chi connectivity index (χ0n) is 9.64. The van der Waals surface area contributed by atoms with E-state index in [1.807, 2.05) is 31.4 Å². The van der Waals surface area contributed by atoms with Crippen LogP contribution < -0.4 is 5.32 Å². The van der Waals surface area contributed by atoms with Gasteiger partial charge in [-0.2, -0.15) is 0 Å². The Morgan fingerprint density at radius 2 is 1.81 bits per heavy atom. The molecule has 2 nitrogen and oxygen atoms in total. The molecular weight excluding hydrogens is 196 g/mol. The monoisotopic (exact) mass is 212 g/mol. The quantitative estimate of drug-likeness (QED) is 0.846. The van der Waals surface area contributed by atoms with Gasteiger partial charge in [-0.1, -0.05) is 30.3 Å². The highest BCUT2D eigenvalue weighted by Crippen LogP contribution is 2.19. The van der Waals surface area contributed by atoms with Crippen molar-refractivity contribution in [3.8, 4) is 11.3 Å². The van der Waals surface area contributed by atoms with E-state index in [1.165, 1.54) is 5.56 Å². The van der Waals surface area contributed by atoms with Gasteiger partial charge < -0.3 is 5.32 Å². The molecule has 0 amide bonds. The Kier molecular flexibility index (Phi) is 3.32. The summed E-state index contributed by atoms with van der Waals surface area (Å²) in [6.07, 6.45) is 1.82. The second-order valence-corrected chi connectivity index (χ2v) is 3.85. The molecule has 0 aliphatic heterocycles. The predicted molar refractivity (Wildman–Crippen MR) is 67.1 cm³/mol. The average Bonchev–Trinajstić information content (AvgIpc) is 2.39. The first kappa shape index (κ1) is 10.8. The molecule has 0 bridgehead atoms. The molecule has 1 aromatic carbocycles. The van der Waals surface area contributed by atoms with Crippen LogP contribution in [0.5, 0.6) is 0 Å². The maximum absolute atomic E-state index is 4.33. The first-order chi connectivity index (χ1) is 7.81. The van der Waals surface area contributed by atoms with Crippen molar-refractivity contribution >= 4 is 0 Å². The zero-order chi connectivity index (χ0) is 11.4. The summed E-state index contributed by atoms with van der Waals surface area (Å²) in [4.78, 5) is 4.33. The number of hydrogen-bond donors (Lipinski definition) is 1. The molecule has 0 saturated carbocycles. The maximum atomic E-state index is 4.33. The molecule has 82 valence electrons. The number of rotatable bonds is 3. The van der Waals surface area contributed by atoms with E-state index in [2.05, 4.69) is 41.5 Å². The van der Waals surface area contributed by atoms with Gasteiger partial charge in [-0.25, -0.2) is 0 Å². The van der Waals surface area contributed by atoms with E-state index in [9.17, 15) is 0 Å². The molecule has 1 aromatic heterocycles. The highest BCUT2D eigenvalue weighted by atomic mass is 14.8. The summed E-state index contributed by atoms with van der Waals surface area (Å²) >= 11 is 0. The number of pyridine rings is 1. The van der Waals surface area contributed by atoms with Gasteiger partial charge in [0.2, 0.25) is 0 Å². The molecule has 1 heterocycles. The molecule has 0 spiro atoms. The highest BCUT2D eigenvalue weighted by molar-refractivity contribution is 5.59. The number of aromatic nitrogens is 1. The number of hydrogen-bond acceptors (Lipinski definition) is 2. The van der Waals surface area contributed by atoms with Gasteiger partial charge in [0.05, 0.1) is 5.69 Å². The lowest BCUT2D eigenvalue weighted by atomic mass is 10.0. The summed E-state index contributed by atoms with van der Waals surface area (Å²) in [5.41, 5.74) is 3.47. The van der Waals surface area contributed by atoms with E-state index in [0.717, 1.165) is 11.3 Å². The van der Waals surface area contributed by atoms with E-state index in [-0.39, 0.29) is 0 Å². The SMILES string of the molecule is CNC(C)c1ccc(-c2ccccn2)cc1. The summed E-state index contributed by atoms with van der Waals surface area (Å²) < 4.78 is 0. The number of nitrogens with one attached hydrogen (secondary N) is 1. The first-order valence-corrected chi connectivity index (χ1v) is 5.50. The van der Waals surface area contributed by atoms with Crippen molar-refractivity contribution in [2.45, 2.75) is 13.0 Å². The van der Waals surface area contributed by atoms with Gasteiger partial charge in [0.15, 0.2) is 0 Å². The summed E-state index contributed by atoms with van der Waals surface area (Å²) in [5, 5.41) is 3.22. The van der Waals surface area contributed by atoms with Gasteiger partial charge in [-0.05, 0) is 31.7 Å². The van der Waals surface area contributed by atoms with Crippen LogP contribution in [0.1, 0.15) is 18.5 Å². The third-order valence-electron chi connectivity index (χ3n) is 2.80. The van der Waals surface area contributed by atoms with Gasteiger partial charge in [-0.3, -0.25) is 4.98 Å². The Balaban J connectivity index is 2.26. The Labute approximate surface area is 96.4 Å². The van der Waals surface area contributed by atoms with E-state index in [1.54, 1.807) is 0 Å². The summed E-state index contributed by atoms with van der Waals surface area (Å²) in [6, 6.07) is 14.9. The van der Waals surface area contributed by atoms with Crippen LogP contribution in [0.15, 0.2) is 48.7 Å². The minimum atomic E-state index is 0.387. The molecule has 0 fully saturated rings. The van der Waals surface area contributed by atoms with Gasteiger partial charge in [0.1, 0.15) is 0 Å². The summed E-state index contributed by atoms with van der Waals surface area (Å²) in [6.45, 7) is 2.15. The molecule has 0 aliphatic rings. The van der Waals surface area contributed by atoms with Crippen LogP contribution in [-0.2, 0) is 0 Å². The summed E-state index contributed by atoms with van der Waals surface area (Å²) in [7, 11) is 1.97. The Morgan fingerprint density at radius 1 is 1.06 bits per heavy atom. The molecule has 0 aliphatic carbocycles. The van der Waals surface area contributed by atoms with Gasteiger partial charge in [0, 0.05) is 17.8 Å². The Morgan fingerprint density at radius 3 is 2.38 bits per heavy atom. The van der Waals surface area contributed by atoms with Crippen LogP contribution in [0.4, 0.5) is 0 Å². The smallest absolute Gasteiger partial charge is 0.0701 e. The second-order valence-electron chi connectivity index (χ2n) is 3.85. The topological polar surface area (TPSA) is 24.9 Å². The number of benzene rings is 1. The molecule has 0 radical (unpaired) electrons. The van der Waals surface area contributed by atoms with Crippen molar-refractivity contribution < 1.29 is 0 Å². The van der Waals surface area contributed by atoms with Crippen molar-refractivity contribution in [3.05, 3.63) is 54.2 Å². The fourth-order valence-electron chi connectivity index (χ4n) is 1.64. The van der Waals surface area contributed by atoms with Gasteiger partial charge in [-0.15, -0.1) is 0 Å². The van der Waals surface area contributed by atoms with Crippen molar-refractivity contribution in [2.24, 2.45) is 0 Å². The minimum absolute atomic E-state index is 0.387. The zero-order valence-corrected chi connectivity index (χ0v) is 9.64. The highest BCUT2D eigenvalue weighted by Gasteiger charge is 2.02. The lowest BCUT2D eigenvalue weighted by Crippen LogP contribution is -2.11. The van der Waals surface area contributed by atoms with Crippen molar-refractivity contribution in [3.63, 3.8) is 0 Å². The maximum Gasteiger partial charge on any atom is 0.0701 e. The molecule has 1 atom stereocenters. The summed E-state index contributed by atoms with van der Waals surface area (Å²) in [5.74, 6) is 0. The molecule has 1 N–H and O–H groups in total. The standard InChI is InChI=1S/C14H16N2/c1-11(15-2)12-6-8-13(9-7-12)14-5-3-4-10-16-14/h3-11,15H,1-2H3. The van der Waals surface area contributed by atoms with Crippen molar-refractivity contribution in [1.29, 1.82) is 0 Å². The van der Waals surface area contributed by atoms with E-state index < -0.39 is 0 Å². The van der Waals surface area contributed by atoms with Crippen LogP contribution >= 0.6 is 0 Å². The van der Waals surface area contributed by atoms with Crippen LogP contribution in [0.25, 0.3) is 11.3 Å². The molecule has 16 heavy (non-hydrogen) atoms. The predicted octanol–water partition coefficient (Wildman–Crippen LogP) is 3.03. The van der Waals surface area contributed by atoms with Crippen LogP contribution in [0, 0.1) is 0 Å². The first-order valence-electron chi connectivity index (χ1n) is 5.50. The molecular formula is C14H16N2. The second kappa shape index (κ2) is 4.90. The van der Waals surface area contributed by atoms with Gasteiger partial charge >= 0.3 is 0 Å². The Bertz CT molecular complexity index is 434. The molecule has 2 rings (SSSR count). The molecule has 2 aromatic rings. The normalized spacial score (nSPS) is 12.4. The fraction of sp³-hybridized carbons (Fsp3) is 0.214. The van der Waals surface area contributed by atoms with Crippen molar-refractivity contribution in [2.75, 3.05) is 7.05 Å². The van der Waals surface area contributed by atoms with Crippen LogP contribution in [0.3, 0.4) is 0 Å². The fourth-order valence-corrected chi connectivity index (χ4v) is 1.64. The lowest BCUT2D eigenvalue weighted by molar-refractivity contribution is 0.652. The molecule has 2 heteroatoms. The van der Waals surface area contributed by atoms with E-state index in [0.29, 0.717) is 6.04 Å². The molecule has 0 saturated heterocycles. The van der Waals surface area contributed by atoms with Crippen LogP contribution in [-0.4, -0.2) is 12.0 Å². The number of nitrogens with zero attached hydrogens (tertiary/aromatic N) is 1. The third kappa shape index (κ3) is 2.28. The minimum Gasteiger partial charge on any atom is -0.313 e. The van der Waals surface area contributed by atoms with Crippen molar-refractivity contribution in [1.82, 2.24) is 10.3 Å². The van der Waals surface area contributed by atoms with Gasteiger partial charge in [0.25, 0.3) is 0 Å². The molecule has 1 unspecified atom stereocenters. The van der Waals surface area contributed by atoms with E-state index in [4.69, 9.17) is 0 Å². The average molecular weight is 212 g/mol.